The Labute approximate surface area is 170 Å². The van der Waals surface area contributed by atoms with E-state index in [4.69, 9.17) is 14.5 Å². The third kappa shape index (κ3) is 3.46. The van der Waals surface area contributed by atoms with Crippen molar-refractivity contribution in [2.24, 2.45) is 5.92 Å². The maximum absolute atomic E-state index is 11.5. The van der Waals surface area contributed by atoms with Gasteiger partial charge in [-0.3, -0.25) is 0 Å². The third-order valence-electron chi connectivity index (χ3n) is 6.66. The summed E-state index contributed by atoms with van der Waals surface area (Å²) in [5, 5.41) is 13.9. The number of methoxy groups -OCH3 is 2. The van der Waals surface area contributed by atoms with Crippen molar-refractivity contribution in [2.75, 3.05) is 40.4 Å². The van der Waals surface area contributed by atoms with E-state index in [1.807, 2.05) is 12.1 Å². The van der Waals surface area contributed by atoms with Crippen LogP contribution >= 0.6 is 0 Å². The minimum Gasteiger partial charge on any atom is -0.493 e. The van der Waals surface area contributed by atoms with Crippen LogP contribution in [-0.2, 0) is 5.41 Å². The number of nitrogens with one attached hydrogen (secondary N) is 1. The van der Waals surface area contributed by atoms with Gasteiger partial charge in [0.05, 0.1) is 25.4 Å². The number of hydrogen-bond acceptors (Lipinski definition) is 6. The van der Waals surface area contributed by atoms with Gasteiger partial charge in [0, 0.05) is 30.0 Å². The first-order valence-corrected chi connectivity index (χ1v) is 10.1. The summed E-state index contributed by atoms with van der Waals surface area (Å²) >= 11 is 0. The molecule has 0 bridgehead atoms. The molecule has 2 N–H and O–H groups in total. The molecule has 1 amide bonds. The number of aromatic nitrogens is 2. The van der Waals surface area contributed by atoms with Crippen molar-refractivity contribution in [3.63, 3.8) is 0 Å². The van der Waals surface area contributed by atoms with E-state index >= 15 is 0 Å². The molecule has 8 heteroatoms. The zero-order valence-electron chi connectivity index (χ0n) is 17.0. The van der Waals surface area contributed by atoms with Crippen molar-refractivity contribution in [3.05, 3.63) is 24.2 Å². The molecule has 2 aliphatic rings. The molecular weight excluding hydrogens is 372 g/mol. The average Bonchev–Trinajstić information content (AvgIpc) is 2.78. The topological polar surface area (TPSA) is 96.8 Å². The van der Waals surface area contributed by atoms with Gasteiger partial charge in [0.1, 0.15) is 6.33 Å². The standard InChI is InChI=1S/C21H28N4O4/c1-28-17-11-15-16(12-18(17)29-2)23-13-24-19(15)21(14-3-7-22-8-4-14)5-9-25(10-6-21)20(26)27/h11-14,22H,3-10H2,1-2H3,(H,26,27). The predicted octanol–water partition coefficient (Wildman–Crippen LogP) is 2.66. The molecule has 2 aromatic rings. The number of fused-ring (bicyclic) bond motifs is 1. The number of amides is 1. The van der Waals surface area contributed by atoms with Gasteiger partial charge < -0.3 is 24.8 Å². The van der Waals surface area contributed by atoms with E-state index in [9.17, 15) is 9.90 Å². The number of nitrogens with zero attached hydrogens (tertiary/aromatic N) is 3. The average molecular weight is 400 g/mol. The van der Waals surface area contributed by atoms with Crippen LogP contribution in [0.25, 0.3) is 10.9 Å². The quantitative estimate of drug-likeness (QED) is 0.814. The van der Waals surface area contributed by atoms with Crippen molar-refractivity contribution >= 4 is 17.0 Å². The van der Waals surface area contributed by atoms with E-state index in [2.05, 4.69) is 10.3 Å². The molecule has 29 heavy (non-hydrogen) atoms. The van der Waals surface area contributed by atoms with Crippen LogP contribution in [0.5, 0.6) is 11.5 Å². The molecule has 0 radical (unpaired) electrons. The predicted molar refractivity (Wildman–Crippen MR) is 109 cm³/mol. The summed E-state index contributed by atoms with van der Waals surface area (Å²) in [5.74, 6) is 1.74. The van der Waals surface area contributed by atoms with E-state index in [0.29, 0.717) is 30.5 Å². The largest absolute Gasteiger partial charge is 0.493 e. The van der Waals surface area contributed by atoms with Crippen LogP contribution in [0.4, 0.5) is 4.79 Å². The fraction of sp³-hybridized carbons (Fsp3) is 0.571. The summed E-state index contributed by atoms with van der Waals surface area (Å²) in [6, 6.07) is 3.86. The Morgan fingerprint density at radius 1 is 1.14 bits per heavy atom. The molecule has 156 valence electrons. The Kier molecular flexibility index (Phi) is 5.45. The van der Waals surface area contributed by atoms with Gasteiger partial charge in [-0.05, 0) is 50.8 Å². The maximum Gasteiger partial charge on any atom is 0.407 e. The van der Waals surface area contributed by atoms with Crippen LogP contribution in [-0.4, -0.2) is 66.5 Å². The molecule has 0 atom stereocenters. The Morgan fingerprint density at radius 3 is 2.41 bits per heavy atom. The molecule has 0 unspecified atom stereocenters. The summed E-state index contributed by atoms with van der Waals surface area (Å²) in [6.07, 6.45) is 4.44. The van der Waals surface area contributed by atoms with Gasteiger partial charge in [-0.1, -0.05) is 0 Å². The van der Waals surface area contributed by atoms with Crippen LogP contribution in [0.1, 0.15) is 31.4 Å². The second-order valence-corrected chi connectivity index (χ2v) is 7.90. The molecule has 3 heterocycles. The third-order valence-corrected chi connectivity index (χ3v) is 6.66. The van der Waals surface area contributed by atoms with Crippen LogP contribution in [0.15, 0.2) is 18.5 Å². The monoisotopic (exact) mass is 400 g/mol. The molecule has 0 saturated carbocycles. The Morgan fingerprint density at radius 2 is 1.79 bits per heavy atom. The van der Waals surface area contributed by atoms with E-state index in [0.717, 1.165) is 55.4 Å². The Hall–Kier alpha value is -2.61. The molecule has 1 aromatic heterocycles. The second kappa shape index (κ2) is 8.02. The number of carbonyl (C=O) groups is 1. The normalized spacial score (nSPS) is 19.9. The minimum atomic E-state index is -0.845. The van der Waals surface area contributed by atoms with Gasteiger partial charge in [-0.2, -0.15) is 0 Å². The van der Waals surface area contributed by atoms with Crippen LogP contribution in [0, 0.1) is 5.92 Å². The summed E-state index contributed by atoms with van der Waals surface area (Å²) in [5.41, 5.74) is 1.66. The fourth-order valence-electron chi connectivity index (χ4n) is 5.09. The molecule has 2 aliphatic heterocycles. The lowest BCUT2D eigenvalue weighted by molar-refractivity contribution is 0.0842. The lowest BCUT2D eigenvalue weighted by atomic mass is 9.63. The highest BCUT2D eigenvalue weighted by Gasteiger charge is 2.46. The van der Waals surface area contributed by atoms with Crippen LogP contribution in [0.3, 0.4) is 0 Å². The van der Waals surface area contributed by atoms with Crippen molar-refractivity contribution in [1.82, 2.24) is 20.2 Å². The Balaban J connectivity index is 1.84. The lowest BCUT2D eigenvalue weighted by Crippen LogP contribution is -2.51. The van der Waals surface area contributed by atoms with Gasteiger partial charge in [-0.25, -0.2) is 14.8 Å². The highest BCUT2D eigenvalue weighted by Crippen LogP contribution is 2.47. The smallest absolute Gasteiger partial charge is 0.407 e. The summed E-state index contributed by atoms with van der Waals surface area (Å²) in [4.78, 5) is 22.3. The molecule has 8 nitrogen and oxygen atoms in total. The molecule has 2 saturated heterocycles. The molecule has 0 spiro atoms. The molecule has 1 aromatic carbocycles. The summed E-state index contributed by atoms with van der Waals surface area (Å²) in [6.45, 7) is 3.01. The fourth-order valence-corrected chi connectivity index (χ4v) is 5.09. The number of piperidine rings is 2. The van der Waals surface area contributed by atoms with E-state index < -0.39 is 6.09 Å². The number of carboxylic acid groups (broad SMARTS) is 1. The number of hydrogen-bond donors (Lipinski definition) is 2. The van der Waals surface area contributed by atoms with Crippen molar-refractivity contribution in [1.29, 1.82) is 0 Å². The number of ether oxygens (including phenoxy) is 2. The first-order valence-electron chi connectivity index (χ1n) is 10.1. The first kappa shape index (κ1) is 19.7. The minimum absolute atomic E-state index is 0.172. The van der Waals surface area contributed by atoms with Gasteiger partial charge in [0.15, 0.2) is 11.5 Å². The number of rotatable bonds is 4. The van der Waals surface area contributed by atoms with Crippen molar-refractivity contribution in [3.8, 4) is 11.5 Å². The maximum atomic E-state index is 11.5. The summed E-state index contributed by atoms with van der Waals surface area (Å²) < 4.78 is 11.0. The number of benzene rings is 1. The Bertz CT molecular complexity index is 890. The SMILES string of the molecule is COc1cc2ncnc(C3(C4CCNCC4)CCN(C(=O)O)CC3)c2cc1OC. The summed E-state index contributed by atoms with van der Waals surface area (Å²) in [7, 11) is 3.24. The van der Waals surface area contributed by atoms with E-state index in [1.54, 1.807) is 20.5 Å². The molecular formula is C21H28N4O4. The van der Waals surface area contributed by atoms with Gasteiger partial charge in [0.2, 0.25) is 0 Å². The molecule has 2 fully saturated rings. The number of likely N-dealkylation sites (tertiary alicyclic amines) is 1. The highest BCUT2D eigenvalue weighted by atomic mass is 16.5. The van der Waals surface area contributed by atoms with Gasteiger partial charge in [0.25, 0.3) is 0 Å². The van der Waals surface area contributed by atoms with Crippen LogP contribution < -0.4 is 14.8 Å². The zero-order valence-corrected chi connectivity index (χ0v) is 17.0. The van der Waals surface area contributed by atoms with Crippen molar-refractivity contribution < 1.29 is 19.4 Å². The second-order valence-electron chi connectivity index (χ2n) is 7.90. The van der Waals surface area contributed by atoms with Gasteiger partial charge >= 0.3 is 6.09 Å². The van der Waals surface area contributed by atoms with Crippen molar-refractivity contribution in [2.45, 2.75) is 31.1 Å². The van der Waals surface area contributed by atoms with E-state index in [1.165, 1.54) is 4.90 Å². The molecule has 0 aliphatic carbocycles. The zero-order chi connectivity index (χ0) is 20.4. The first-order chi connectivity index (χ1) is 14.1. The molecule has 4 rings (SSSR count). The van der Waals surface area contributed by atoms with Crippen LogP contribution in [0.2, 0.25) is 0 Å². The van der Waals surface area contributed by atoms with E-state index in [-0.39, 0.29) is 5.41 Å². The van der Waals surface area contributed by atoms with Gasteiger partial charge in [-0.15, -0.1) is 0 Å². The lowest BCUT2D eigenvalue weighted by Gasteiger charge is -2.47. The highest BCUT2D eigenvalue weighted by molar-refractivity contribution is 5.85.